The van der Waals surface area contributed by atoms with Crippen molar-refractivity contribution in [3.63, 3.8) is 0 Å². The van der Waals surface area contributed by atoms with Gasteiger partial charge in [-0.1, -0.05) is 30.3 Å². The van der Waals surface area contributed by atoms with Gasteiger partial charge in [0.05, 0.1) is 6.61 Å². The van der Waals surface area contributed by atoms with Crippen molar-refractivity contribution < 1.29 is 4.74 Å². The van der Waals surface area contributed by atoms with Crippen LogP contribution in [0.2, 0.25) is 0 Å². The van der Waals surface area contributed by atoms with Crippen molar-refractivity contribution >= 4 is 15.9 Å². The van der Waals surface area contributed by atoms with Gasteiger partial charge < -0.3 is 10.1 Å². The second-order valence-electron chi connectivity index (χ2n) is 4.59. The quantitative estimate of drug-likeness (QED) is 0.786. The highest BCUT2D eigenvalue weighted by atomic mass is 79.9. The summed E-state index contributed by atoms with van der Waals surface area (Å²) in [5.74, 6) is 0.718. The van der Waals surface area contributed by atoms with Crippen molar-refractivity contribution in [1.82, 2.24) is 10.3 Å². The van der Waals surface area contributed by atoms with E-state index in [9.17, 15) is 0 Å². The van der Waals surface area contributed by atoms with Gasteiger partial charge in [0.2, 0.25) is 5.88 Å². The minimum atomic E-state index is 0.681. The predicted octanol–water partition coefficient (Wildman–Crippen LogP) is 3.58. The van der Waals surface area contributed by atoms with Crippen molar-refractivity contribution in [3.05, 3.63) is 58.2 Å². The molecule has 0 unspecified atom stereocenters. The average Bonchev–Trinajstić information content (AvgIpc) is 2.47. The van der Waals surface area contributed by atoms with E-state index in [4.69, 9.17) is 4.74 Å². The fraction of sp³-hybridized carbons (Fsp3) is 0.312. The molecule has 0 aliphatic rings. The van der Waals surface area contributed by atoms with E-state index in [1.807, 2.05) is 19.2 Å². The standard InChI is InChI=1S/C16H19BrN2O/c1-18-11-14-10-15(17)12-19-16(14)20-9-5-8-13-6-3-2-4-7-13/h2-4,6-7,10,12,18H,5,8-9,11H2,1H3. The number of nitrogens with zero attached hydrogens (tertiary/aromatic N) is 1. The van der Waals surface area contributed by atoms with Gasteiger partial charge in [0.25, 0.3) is 0 Å². The second-order valence-corrected chi connectivity index (χ2v) is 5.50. The lowest BCUT2D eigenvalue weighted by molar-refractivity contribution is 0.295. The van der Waals surface area contributed by atoms with E-state index in [0.29, 0.717) is 6.61 Å². The summed E-state index contributed by atoms with van der Waals surface area (Å²) < 4.78 is 6.77. The van der Waals surface area contributed by atoms with Crippen LogP contribution in [0.15, 0.2) is 47.1 Å². The van der Waals surface area contributed by atoms with Gasteiger partial charge in [-0.3, -0.25) is 0 Å². The number of hydrogen-bond donors (Lipinski definition) is 1. The number of hydrogen-bond acceptors (Lipinski definition) is 3. The van der Waals surface area contributed by atoms with Crippen LogP contribution in [0.1, 0.15) is 17.5 Å². The van der Waals surface area contributed by atoms with Crippen molar-refractivity contribution in [2.24, 2.45) is 0 Å². The lowest BCUT2D eigenvalue weighted by atomic mass is 10.1. The van der Waals surface area contributed by atoms with Crippen molar-refractivity contribution in [1.29, 1.82) is 0 Å². The Balaban J connectivity index is 1.84. The molecule has 106 valence electrons. The molecule has 2 rings (SSSR count). The van der Waals surface area contributed by atoms with Crippen LogP contribution in [-0.4, -0.2) is 18.6 Å². The fourth-order valence-electron chi connectivity index (χ4n) is 2.01. The van der Waals surface area contributed by atoms with E-state index in [2.05, 4.69) is 50.5 Å². The minimum absolute atomic E-state index is 0.681. The van der Waals surface area contributed by atoms with Crippen LogP contribution in [-0.2, 0) is 13.0 Å². The monoisotopic (exact) mass is 334 g/mol. The fourth-order valence-corrected chi connectivity index (χ4v) is 2.38. The van der Waals surface area contributed by atoms with Gasteiger partial charge in [0.15, 0.2) is 0 Å². The SMILES string of the molecule is CNCc1cc(Br)cnc1OCCCc1ccccc1. The average molecular weight is 335 g/mol. The first-order valence-corrected chi connectivity index (χ1v) is 7.54. The maximum absolute atomic E-state index is 5.79. The molecule has 20 heavy (non-hydrogen) atoms. The van der Waals surface area contributed by atoms with Gasteiger partial charge in [0.1, 0.15) is 0 Å². The van der Waals surface area contributed by atoms with Gasteiger partial charge in [-0.25, -0.2) is 4.98 Å². The third-order valence-corrected chi connectivity index (χ3v) is 3.38. The van der Waals surface area contributed by atoms with Crippen molar-refractivity contribution in [3.8, 4) is 5.88 Å². The van der Waals surface area contributed by atoms with E-state index in [1.165, 1.54) is 5.56 Å². The summed E-state index contributed by atoms with van der Waals surface area (Å²) in [4.78, 5) is 4.33. The Bertz CT molecular complexity index is 531. The summed E-state index contributed by atoms with van der Waals surface area (Å²) in [6, 6.07) is 12.5. The van der Waals surface area contributed by atoms with E-state index >= 15 is 0 Å². The summed E-state index contributed by atoms with van der Waals surface area (Å²) in [5.41, 5.74) is 2.41. The Morgan fingerprint density at radius 3 is 2.80 bits per heavy atom. The van der Waals surface area contributed by atoms with Crippen molar-refractivity contribution in [2.45, 2.75) is 19.4 Å². The Hall–Kier alpha value is -1.39. The molecule has 0 fully saturated rings. The largest absolute Gasteiger partial charge is 0.477 e. The Morgan fingerprint density at radius 2 is 2.05 bits per heavy atom. The molecule has 0 atom stereocenters. The molecule has 1 aromatic heterocycles. The maximum Gasteiger partial charge on any atom is 0.217 e. The van der Waals surface area contributed by atoms with Crippen LogP contribution in [0.3, 0.4) is 0 Å². The molecule has 0 saturated carbocycles. The summed E-state index contributed by atoms with van der Waals surface area (Å²) in [7, 11) is 1.92. The molecule has 1 N–H and O–H groups in total. The Kier molecular flexibility index (Phi) is 6.02. The third kappa shape index (κ3) is 4.62. The van der Waals surface area contributed by atoms with Crippen LogP contribution < -0.4 is 10.1 Å². The lowest BCUT2D eigenvalue weighted by Crippen LogP contribution is -2.09. The lowest BCUT2D eigenvalue weighted by Gasteiger charge is -2.10. The first kappa shape index (κ1) is 15.0. The molecule has 0 saturated heterocycles. The molecule has 1 aromatic carbocycles. The number of nitrogens with one attached hydrogen (secondary N) is 1. The molecule has 0 bridgehead atoms. The summed E-state index contributed by atoms with van der Waals surface area (Å²) in [6.45, 7) is 1.43. The second kappa shape index (κ2) is 8.02. The molecule has 4 heteroatoms. The van der Waals surface area contributed by atoms with Gasteiger partial charge in [-0.05, 0) is 47.4 Å². The molecular weight excluding hydrogens is 316 g/mol. The molecule has 0 aliphatic carbocycles. The molecular formula is C16H19BrN2O. The molecule has 1 heterocycles. The van der Waals surface area contributed by atoms with E-state index in [-0.39, 0.29) is 0 Å². The molecule has 0 aliphatic heterocycles. The Labute approximate surface area is 128 Å². The van der Waals surface area contributed by atoms with Crippen LogP contribution in [0.25, 0.3) is 0 Å². The van der Waals surface area contributed by atoms with Gasteiger partial charge in [-0.15, -0.1) is 0 Å². The molecule has 0 amide bonds. The third-order valence-electron chi connectivity index (χ3n) is 2.95. The van der Waals surface area contributed by atoms with E-state index < -0.39 is 0 Å². The molecule has 0 spiro atoms. The van der Waals surface area contributed by atoms with E-state index in [0.717, 1.165) is 35.3 Å². The van der Waals surface area contributed by atoms with Gasteiger partial charge in [-0.2, -0.15) is 0 Å². The van der Waals surface area contributed by atoms with Gasteiger partial charge >= 0.3 is 0 Å². The topological polar surface area (TPSA) is 34.2 Å². The molecule has 2 aromatic rings. The Morgan fingerprint density at radius 1 is 1.25 bits per heavy atom. The summed E-state index contributed by atoms with van der Waals surface area (Å²) >= 11 is 3.43. The van der Waals surface area contributed by atoms with Crippen LogP contribution in [0, 0.1) is 0 Å². The minimum Gasteiger partial charge on any atom is -0.477 e. The number of rotatable bonds is 7. The van der Waals surface area contributed by atoms with Crippen molar-refractivity contribution in [2.75, 3.05) is 13.7 Å². The number of halogens is 1. The first-order valence-electron chi connectivity index (χ1n) is 6.75. The maximum atomic E-state index is 5.79. The van der Waals surface area contributed by atoms with E-state index in [1.54, 1.807) is 6.20 Å². The molecule has 0 radical (unpaired) electrons. The number of aromatic nitrogens is 1. The van der Waals surface area contributed by atoms with Crippen LogP contribution in [0.5, 0.6) is 5.88 Å². The number of aryl methyl sites for hydroxylation is 1. The smallest absolute Gasteiger partial charge is 0.217 e. The predicted molar refractivity (Wildman–Crippen MR) is 85.0 cm³/mol. The number of ether oxygens (including phenoxy) is 1. The number of pyridine rings is 1. The zero-order chi connectivity index (χ0) is 14.2. The summed E-state index contributed by atoms with van der Waals surface area (Å²) in [6.07, 6.45) is 3.78. The van der Waals surface area contributed by atoms with Crippen LogP contribution >= 0.6 is 15.9 Å². The highest BCUT2D eigenvalue weighted by molar-refractivity contribution is 9.10. The summed E-state index contributed by atoms with van der Waals surface area (Å²) in [5, 5.41) is 3.13. The highest BCUT2D eigenvalue weighted by Gasteiger charge is 2.05. The first-order chi connectivity index (χ1) is 9.79. The molecule has 3 nitrogen and oxygen atoms in total. The zero-order valence-electron chi connectivity index (χ0n) is 11.6. The zero-order valence-corrected chi connectivity index (χ0v) is 13.2. The normalized spacial score (nSPS) is 10.5. The van der Waals surface area contributed by atoms with Gasteiger partial charge in [0, 0.05) is 22.8 Å². The van der Waals surface area contributed by atoms with Crippen LogP contribution in [0.4, 0.5) is 0 Å². The number of benzene rings is 1. The highest BCUT2D eigenvalue weighted by Crippen LogP contribution is 2.20.